The third-order valence-electron chi connectivity index (χ3n) is 3.69. The average Bonchev–Trinajstić information content (AvgIpc) is 3.29. The maximum atomic E-state index is 5.96. The summed E-state index contributed by atoms with van der Waals surface area (Å²) in [7, 11) is 1.70. The number of rotatable bonds is 10. The molecule has 1 aromatic rings. The molecular weight excluding hydrogens is 250 g/mol. The maximum Gasteiger partial charge on any atom is 0.127 e. The SMILES string of the molecule is CCCCCCOc1cc(OC)ccc1CNC1CC1. The lowest BCUT2D eigenvalue weighted by molar-refractivity contribution is 0.299. The van der Waals surface area contributed by atoms with Gasteiger partial charge in [-0.1, -0.05) is 32.3 Å². The number of unbranched alkanes of at least 4 members (excludes halogenated alkanes) is 3. The highest BCUT2D eigenvalue weighted by molar-refractivity contribution is 5.40. The third kappa shape index (κ3) is 5.04. The van der Waals surface area contributed by atoms with E-state index in [1.807, 2.05) is 12.1 Å². The van der Waals surface area contributed by atoms with Crippen molar-refractivity contribution in [3.05, 3.63) is 23.8 Å². The molecule has 0 spiro atoms. The van der Waals surface area contributed by atoms with Gasteiger partial charge in [0.15, 0.2) is 0 Å². The Hall–Kier alpha value is -1.22. The van der Waals surface area contributed by atoms with Crippen molar-refractivity contribution in [3.8, 4) is 11.5 Å². The molecule has 112 valence electrons. The van der Waals surface area contributed by atoms with Crippen LogP contribution in [-0.4, -0.2) is 19.8 Å². The zero-order valence-corrected chi connectivity index (χ0v) is 12.8. The molecule has 0 bridgehead atoms. The second kappa shape index (κ2) is 8.15. The smallest absolute Gasteiger partial charge is 0.127 e. The predicted octanol–water partition coefficient (Wildman–Crippen LogP) is 3.91. The normalized spacial score (nSPS) is 14.3. The summed E-state index contributed by atoms with van der Waals surface area (Å²) in [5.74, 6) is 1.83. The van der Waals surface area contributed by atoms with Gasteiger partial charge >= 0.3 is 0 Å². The summed E-state index contributed by atoms with van der Waals surface area (Å²) in [6.07, 6.45) is 7.54. The molecule has 1 aliphatic carbocycles. The number of ether oxygens (including phenoxy) is 2. The molecule has 0 atom stereocenters. The number of nitrogens with one attached hydrogen (secondary N) is 1. The van der Waals surface area contributed by atoms with Crippen molar-refractivity contribution in [3.63, 3.8) is 0 Å². The second-order valence-corrected chi connectivity index (χ2v) is 5.54. The van der Waals surface area contributed by atoms with Crippen LogP contribution >= 0.6 is 0 Å². The Bertz CT molecular complexity index is 402. The van der Waals surface area contributed by atoms with Crippen LogP contribution in [0.1, 0.15) is 51.0 Å². The molecule has 2 rings (SSSR count). The van der Waals surface area contributed by atoms with Crippen LogP contribution in [0.2, 0.25) is 0 Å². The first kappa shape index (κ1) is 15.2. The van der Waals surface area contributed by atoms with Crippen molar-refractivity contribution in [2.24, 2.45) is 0 Å². The van der Waals surface area contributed by atoms with Crippen LogP contribution in [0.3, 0.4) is 0 Å². The molecule has 0 saturated heterocycles. The zero-order valence-electron chi connectivity index (χ0n) is 12.8. The van der Waals surface area contributed by atoms with Crippen LogP contribution in [0.25, 0.3) is 0 Å². The Morgan fingerprint density at radius 2 is 2.05 bits per heavy atom. The van der Waals surface area contributed by atoms with Crippen LogP contribution < -0.4 is 14.8 Å². The van der Waals surface area contributed by atoms with Gasteiger partial charge < -0.3 is 14.8 Å². The fraction of sp³-hybridized carbons (Fsp3) is 0.647. The molecule has 1 saturated carbocycles. The molecule has 0 heterocycles. The van der Waals surface area contributed by atoms with Crippen molar-refractivity contribution >= 4 is 0 Å². The van der Waals surface area contributed by atoms with E-state index >= 15 is 0 Å². The first-order valence-electron chi connectivity index (χ1n) is 7.86. The molecule has 1 aromatic carbocycles. The topological polar surface area (TPSA) is 30.5 Å². The molecular formula is C17H27NO2. The minimum Gasteiger partial charge on any atom is -0.497 e. The number of hydrogen-bond donors (Lipinski definition) is 1. The molecule has 1 N–H and O–H groups in total. The van der Waals surface area contributed by atoms with Gasteiger partial charge in [-0.15, -0.1) is 0 Å². The van der Waals surface area contributed by atoms with E-state index in [-0.39, 0.29) is 0 Å². The van der Waals surface area contributed by atoms with Gasteiger partial charge in [-0.2, -0.15) is 0 Å². The molecule has 0 radical (unpaired) electrons. The summed E-state index contributed by atoms with van der Waals surface area (Å²) in [5.41, 5.74) is 1.23. The van der Waals surface area contributed by atoms with Gasteiger partial charge in [0.2, 0.25) is 0 Å². The molecule has 1 aliphatic rings. The largest absolute Gasteiger partial charge is 0.497 e. The van der Waals surface area contributed by atoms with Gasteiger partial charge in [0, 0.05) is 24.2 Å². The lowest BCUT2D eigenvalue weighted by atomic mass is 10.2. The number of methoxy groups -OCH3 is 1. The first-order valence-corrected chi connectivity index (χ1v) is 7.86. The fourth-order valence-electron chi connectivity index (χ4n) is 2.19. The van der Waals surface area contributed by atoms with Gasteiger partial charge in [-0.25, -0.2) is 0 Å². The molecule has 0 aromatic heterocycles. The summed E-state index contributed by atoms with van der Waals surface area (Å²) in [4.78, 5) is 0. The Morgan fingerprint density at radius 3 is 2.75 bits per heavy atom. The van der Waals surface area contributed by atoms with Gasteiger partial charge in [-0.05, 0) is 25.3 Å². The Kier molecular flexibility index (Phi) is 6.19. The van der Waals surface area contributed by atoms with Crippen molar-refractivity contribution in [2.45, 2.75) is 58.0 Å². The third-order valence-corrected chi connectivity index (χ3v) is 3.69. The Balaban J connectivity index is 1.87. The summed E-state index contributed by atoms with van der Waals surface area (Å²) in [6.45, 7) is 3.91. The zero-order chi connectivity index (χ0) is 14.2. The first-order chi connectivity index (χ1) is 9.83. The van der Waals surface area contributed by atoms with E-state index in [0.717, 1.165) is 37.1 Å². The summed E-state index contributed by atoms with van der Waals surface area (Å²) in [5, 5.41) is 3.54. The highest BCUT2D eigenvalue weighted by Gasteiger charge is 2.20. The molecule has 1 fully saturated rings. The van der Waals surface area contributed by atoms with E-state index in [1.54, 1.807) is 7.11 Å². The van der Waals surface area contributed by atoms with Gasteiger partial charge in [0.25, 0.3) is 0 Å². The van der Waals surface area contributed by atoms with Crippen LogP contribution in [0, 0.1) is 0 Å². The quantitative estimate of drug-likeness (QED) is 0.658. The second-order valence-electron chi connectivity index (χ2n) is 5.54. The van der Waals surface area contributed by atoms with Crippen molar-refractivity contribution in [1.82, 2.24) is 5.32 Å². The van der Waals surface area contributed by atoms with E-state index < -0.39 is 0 Å². The number of hydrogen-bond acceptors (Lipinski definition) is 3. The lowest BCUT2D eigenvalue weighted by Gasteiger charge is -2.13. The minimum absolute atomic E-state index is 0.717. The molecule has 20 heavy (non-hydrogen) atoms. The van der Waals surface area contributed by atoms with Crippen molar-refractivity contribution < 1.29 is 9.47 Å². The Morgan fingerprint density at radius 1 is 1.20 bits per heavy atom. The van der Waals surface area contributed by atoms with Gasteiger partial charge in [0.05, 0.1) is 13.7 Å². The van der Waals surface area contributed by atoms with E-state index in [9.17, 15) is 0 Å². The monoisotopic (exact) mass is 277 g/mol. The highest BCUT2D eigenvalue weighted by atomic mass is 16.5. The summed E-state index contributed by atoms with van der Waals surface area (Å²) >= 11 is 0. The standard InChI is InChI=1S/C17H27NO2/c1-3-4-5-6-11-20-17-12-16(19-2)10-7-14(17)13-18-15-8-9-15/h7,10,12,15,18H,3-6,8-9,11,13H2,1-2H3. The van der Waals surface area contributed by atoms with Crippen molar-refractivity contribution in [1.29, 1.82) is 0 Å². The van der Waals surface area contributed by atoms with E-state index in [1.165, 1.54) is 37.7 Å². The van der Waals surface area contributed by atoms with Crippen molar-refractivity contribution in [2.75, 3.05) is 13.7 Å². The lowest BCUT2D eigenvalue weighted by Crippen LogP contribution is -2.16. The van der Waals surface area contributed by atoms with Crippen LogP contribution in [0.5, 0.6) is 11.5 Å². The summed E-state index contributed by atoms with van der Waals surface area (Å²) in [6, 6.07) is 6.84. The maximum absolute atomic E-state index is 5.96. The molecule has 0 aliphatic heterocycles. The minimum atomic E-state index is 0.717. The highest BCUT2D eigenvalue weighted by Crippen LogP contribution is 2.27. The van der Waals surface area contributed by atoms with Crippen LogP contribution in [0.15, 0.2) is 18.2 Å². The van der Waals surface area contributed by atoms with Gasteiger partial charge in [0.1, 0.15) is 11.5 Å². The van der Waals surface area contributed by atoms with Gasteiger partial charge in [-0.3, -0.25) is 0 Å². The molecule has 3 nitrogen and oxygen atoms in total. The van der Waals surface area contributed by atoms with E-state index in [2.05, 4.69) is 18.3 Å². The van der Waals surface area contributed by atoms with Crippen LogP contribution in [-0.2, 0) is 6.54 Å². The molecule has 0 amide bonds. The Labute approximate surface area is 122 Å². The summed E-state index contributed by atoms with van der Waals surface area (Å²) < 4.78 is 11.3. The fourth-order valence-corrected chi connectivity index (χ4v) is 2.19. The predicted molar refractivity (Wildman–Crippen MR) is 82.5 cm³/mol. The van der Waals surface area contributed by atoms with E-state index in [0.29, 0.717) is 0 Å². The molecule has 3 heteroatoms. The molecule has 0 unspecified atom stereocenters. The number of benzene rings is 1. The average molecular weight is 277 g/mol. The van der Waals surface area contributed by atoms with E-state index in [4.69, 9.17) is 9.47 Å². The van der Waals surface area contributed by atoms with Crippen LogP contribution in [0.4, 0.5) is 0 Å².